The molecular weight excluding hydrogens is 238 g/mol. The quantitative estimate of drug-likeness (QED) is 0.812. The lowest BCUT2D eigenvalue weighted by atomic mass is 10.1. The molecule has 0 amide bonds. The standard InChI is InChI=1S/C15H23N3O/c1-11-7-14-15(8-12(11)2)18(10-17-14)13(3)9-16-5-6-19-4/h7-8,10,13,16H,5-6,9H2,1-4H3. The van der Waals surface area contributed by atoms with Crippen molar-refractivity contribution < 1.29 is 4.74 Å². The fourth-order valence-electron chi connectivity index (χ4n) is 2.22. The van der Waals surface area contributed by atoms with Crippen LogP contribution < -0.4 is 5.32 Å². The van der Waals surface area contributed by atoms with Crippen LogP contribution in [0.1, 0.15) is 24.1 Å². The maximum absolute atomic E-state index is 5.03. The molecule has 0 saturated carbocycles. The second-order valence-corrected chi connectivity index (χ2v) is 5.12. The summed E-state index contributed by atoms with van der Waals surface area (Å²) in [6, 6.07) is 4.76. The minimum atomic E-state index is 0.379. The lowest BCUT2D eigenvalue weighted by Crippen LogP contribution is -2.26. The van der Waals surface area contributed by atoms with Gasteiger partial charge in [-0.2, -0.15) is 0 Å². The van der Waals surface area contributed by atoms with E-state index in [2.05, 4.69) is 47.8 Å². The topological polar surface area (TPSA) is 39.1 Å². The Morgan fingerprint density at radius 3 is 2.79 bits per heavy atom. The molecule has 19 heavy (non-hydrogen) atoms. The first-order valence-electron chi connectivity index (χ1n) is 6.77. The molecule has 0 spiro atoms. The van der Waals surface area contributed by atoms with Crippen molar-refractivity contribution in [2.45, 2.75) is 26.8 Å². The van der Waals surface area contributed by atoms with E-state index in [1.165, 1.54) is 16.6 Å². The van der Waals surface area contributed by atoms with E-state index in [0.29, 0.717) is 6.04 Å². The van der Waals surface area contributed by atoms with Crippen LogP contribution in [0.5, 0.6) is 0 Å². The number of methoxy groups -OCH3 is 1. The molecule has 1 unspecified atom stereocenters. The van der Waals surface area contributed by atoms with Crippen molar-refractivity contribution in [1.29, 1.82) is 0 Å². The number of aromatic nitrogens is 2. The summed E-state index contributed by atoms with van der Waals surface area (Å²) < 4.78 is 7.27. The lowest BCUT2D eigenvalue weighted by Gasteiger charge is -2.15. The summed E-state index contributed by atoms with van der Waals surface area (Å²) in [5.74, 6) is 0. The van der Waals surface area contributed by atoms with Crippen molar-refractivity contribution in [2.75, 3.05) is 26.8 Å². The Labute approximate surface area is 114 Å². The highest BCUT2D eigenvalue weighted by molar-refractivity contribution is 5.77. The van der Waals surface area contributed by atoms with Crippen LogP contribution >= 0.6 is 0 Å². The zero-order chi connectivity index (χ0) is 13.8. The van der Waals surface area contributed by atoms with Crippen molar-refractivity contribution >= 4 is 11.0 Å². The fraction of sp³-hybridized carbons (Fsp3) is 0.533. The zero-order valence-electron chi connectivity index (χ0n) is 12.2. The Balaban J connectivity index is 2.13. The average molecular weight is 261 g/mol. The lowest BCUT2D eigenvalue weighted by molar-refractivity contribution is 0.198. The van der Waals surface area contributed by atoms with Crippen molar-refractivity contribution in [2.24, 2.45) is 0 Å². The smallest absolute Gasteiger partial charge is 0.0961 e. The van der Waals surface area contributed by atoms with Gasteiger partial charge in [0, 0.05) is 26.2 Å². The molecule has 104 valence electrons. The molecule has 1 N–H and O–H groups in total. The van der Waals surface area contributed by atoms with E-state index in [-0.39, 0.29) is 0 Å². The van der Waals surface area contributed by atoms with Crippen LogP contribution in [-0.4, -0.2) is 36.4 Å². The number of imidazole rings is 1. The number of rotatable bonds is 6. The Morgan fingerprint density at radius 2 is 2.05 bits per heavy atom. The van der Waals surface area contributed by atoms with Gasteiger partial charge in [-0.25, -0.2) is 4.98 Å². The summed E-state index contributed by atoms with van der Waals surface area (Å²) in [4.78, 5) is 4.50. The van der Waals surface area contributed by atoms with Crippen LogP contribution in [0.25, 0.3) is 11.0 Å². The van der Waals surface area contributed by atoms with E-state index in [1.54, 1.807) is 7.11 Å². The van der Waals surface area contributed by atoms with Crippen molar-refractivity contribution in [3.05, 3.63) is 29.6 Å². The first kappa shape index (κ1) is 14.0. The maximum Gasteiger partial charge on any atom is 0.0961 e. The van der Waals surface area contributed by atoms with Crippen LogP contribution in [0.15, 0.2) is 18.5 Å². The monoisotopic (exact) mass is 261 g/mol. The first-order valence-corrected chi connectivity index (χ1v) is 6.77. The van der Waals surface area contributed by atoms with Crippen molar-refractivity contribution in [3.8, 4) is 0 Å². The molecule has 0 radical (unpaired) electrons. The molecule has 1 atom stereocenters. The van der Waals surface area contributed by atoms with E-state index >= 15 is 0 Å². The molecular formula is C15H23N3O. The summed E-state index contributed by atoms with van der Waals surface area (Å²) >= 11 is 0. The van der Waals surface area contributed by atoms with Crippen LogP contribution in [0.3, 0.4) is 0 Å². The molecule has 0 fully saturated rings. The number of ether oxygens (including phenoxy) is 1. The second-order valence-electron chi connectivity index (χ2n) is 5.12. The van der Waals surface area contributed by atoms with E-state index in [0.717, 1.165) is 25.2 Å². The minimum absolute atomic E-state index is 0.379. The van der Waals surface area contributed by atoms with Gasteiger partial charge in [0.1, 0.15) is 0 Å². The molecule has 0 aliphatic carbocycles. The van der Waals surface area contributed by atoms with Gasteiger partial charge < -0.3 is 14.6 Å². The summed E-state index contributed by atoms with van der Waals surface area (Å²) in [5, 5.41) is 3.39. The van der Waals surface area contributed by atoms with Crippen molar-refractivity contribution in [3.63, 3.8) is 0 Å². The zero-order valence-corrected chi connectivity index (χ0v) is 12.2. The molecule has 2 rings (SSSR count). The number of hydrogen-bond acceptors (Lipinski definition) is 3. The number of hydrogen-bond donors (Lipinski definition) is 1. The predicted octanol–water partition coefficient (Wildman–Crippen LogP) is 2.45. The third-order valence-electron chi connectivity index (χ3n) is 3.59. The third kappa shape index (κ3) is 3.14. The second kappa shape index (κ2) is 6.17. The van der Waals surface area contributed by atoms with Gasteiger partial charge in [0.25, 0.3) is 0 Å². The van der Waals surface area contributed by atoms with Gasteiger partial charge in [-0.05, 0) is 44.0 Å². The van der Waals surface area contributed by atoms with Crippen molar-refractivity contribution in [1.82, 2.24) is 14.9 Å². The number of benzene rings is 1. The molecule has 0 aliphatic rings. The number of aryl methyl sites for hydroxylation is 2. The van der Waals surface area contributed by atoms with Gasteiger partial charge >= 0.3 is 0 Å². The molecule has 1 aromatic carbocycles. The SMILES string of the molecule is COCCNCC(C)n1cnc2cc(C)c(C)cc21. The van der Waals surface area contributed by atoms with Crippen LogP contribution in [0.4, 0.5) is 0 Å². The van der Waals surface area contributed by atoms with Gasteiger partial charge in [-0.15, -0.1) is 0 Å². The Hall–Kier alpha value is -1.39. The Bertz CT molecular complexity index is 548. The summed E-state index contributed by atoms with van der Waals surface area (Å²) in [6.07, 6.45) is 1.94. The molecule has 1 aromatic heterocycles. The third-order valence-corrected chi connectivity index (χ3v) is 3.59. The number of nitrogens with zero attached hydrogens (tertiary/aromatic N) is 2. The molecule has 1 heterocycles. The summed E-state index contributed by atoms with van der Waals surface area (Å²) in [7, 11) is 1.72. The highest BCUT2D eigenvalue weighted by Crippen LogP contribution is 2.21. The van der Waals surface area contributed by atoms with Crippen LogP contribution in [0, 0.1) is 13.8 Å². The largest absolute Gasteiger partial charge is 0.383 e. The Kier molecular flexibility index (Phi) is 4.56. The first-order chi connectivity index (χ1) is 9.13. The molecule has 0 saturated heterocycles. The van der Waals surface area contributed by atoms with E-state index < -0.39 is 0 Å². The van der Waals surface area contributed by atoms with Gasteiger partial charge in [0.15, 0.2) is 0 Å². The number of nitrogens with one attached hydrogen (secondary N) is 1. The van der Waals surface area contributed by atoms with E-state index in [1.807, 2.05) is 6.33 Å². The normalized spacial score (nSPS) is 13.1. The highest BCUT2D eigenvalue weighted by atomic mass is 16.5. The number of fused-ring (bicyclic) bond motifs is 1. The predicted molar refractivity (Wildman–Crippen MR) is 78.7 cm³/mol. The maximum atomic E-state index is 5.03. The minimum Gasteiger partial charge on any atom is -0.383 e. The summed E-state index contributed by atoms with van der Waals surface area (Å²) in [6.45, 7) is 9.02. The van der Waals surface area contributed by atoms with E-state index in [4.69, 9.17) is 4.74 Å². The van der Waals surface area contributed by atoms with E-state index in [9.17, 15) is 0 Å². The molecule has 4 nitrogen and oxygen atoms in total. The Morgan fingerprint density at radius 1 is 1.32 bits per heavy atom. The van der Waals surface area contributed by atoms with Gasteiger partial charge in [0.05, 0.1) is 24.0 Å². The summed E-state index contributed by atoms with van der Waals surface area (Å²) in [5.41, 5.74) is 4.90. The van der Waals surface area contributed by atoms with Gasteiger partial charge in [0.2, 0.25) is 0 Å². The molecule has 0 bridgehead atoms. The fourth-order valence-corrected chi connectivity index (χ4v) is 2.22. The molecule has 0 aliphatic heterocycles. The molecule has 4 heteroatoms. The van der Waals surface area contributed by atoms with Crippen LogP contribution in [0.2, 0.25) is 0 Å². The van der Waals surface area contributed by atoms with Gasteiger partial charge in [-0.1, -0.05) is 0 Å². The molecule has 2 aromatic rings. The average Bonchev–Trinajstić information content (AvgIpc) is 2.78. The van der Waals surface area contributed by atoms with Crippen LogP contribution in [-0.2, 0) is 4.74 Å². The van der Waals surface area contributed by atoms with Gasteiger partial charge in [-0.3, -0.25) is 0 Å². The highest BCUT2D eigenvalue weighted by Gasteiger charge is 2.10.